The predicted molar refractivity (Wildman–Crippen MR) is 159 cm³/mol. The van der Waals surface area contributed by atoms with Crippen molar-refractivity contribution < 1.29 is 32.3 Å². The Bertz CT molecular complexity index is 1750. The maximum absolute atomic E-state index is 13.1. The molecule has 4 heterocycles. The molecule has 2 aliphatic heterocycles. The quantitative estimate of drug-likeness (QED) is 0.277. The number of nitrogens with one attached hydrogen (secondary N) is 2. The molecular weight excluding hydrogens is 589 g/mol. The van der Waals surface area contributed by atoms with Gasteiger partial charge >= 0.3 is 6.18 Å². The van der Waals surface area contributed by atoms with Gasteiger partial charge in [0.2, 0.25) is 11.8 Å². The molecule has 2 saturated heterocycles. The number of rotatable bonds is 7. The molecule has 10 nitrogen and oxygen atoms in total. The number of anilines is 1. The van der Waals surface area contributed by atoms with E-state index in [1.165, 1.54) is 13.2 Å². The van der Waals surface area contributed by atoms with Crippen LogP contribution in [0, 0.1) is 0 Å². The van der Waals surface area contributed by atoms with E-state index in [1.54, 1.807) is 12.1 Å². The Morgan fingerprint density at radius 2 is 1.82 bits per heavy atom. The minimum absolute atomic E-state index is 0.168. The Labute approximate surface area is 256 Å². The maximum Gasteiger partial charge on any atom is 0.433 e. The third kappa shape index (κ3) is 6.68. The van der Waals surface area contributed by atoms with Gasteiger partial charge in [-0.1, -0.05) is 30.3 Å². The van der Waals surface area contributed by atoms with Crippen molar-refractivity contribution >= 4 is 34.3 Å². The highest BCUT2D eigenvalue weighted by Gasteiger charge is 2.33. The number of amides is 3. The van der Waals surface area contributed by atoms with Crippen LogP contribution in [-0.4, -0.2) is 57.6 Å². The average molecular weight is 621 g/mol. The number of alkyl halides is 3. The number of hydrogen-bond donors (Lipinski definition) is 2. The first kappa shape index (κ1) is 30.3. The first-order valence-electron chi connectivity index (χ1n) is 14.6. The monoisotopic (exact) mass is 620 g/mol. The third-order valence-corrected chi connectivity index (χ3v) is 8.32. The fourth-order valence-corrected chi connectivity index (χ4v) is 5.90. The van der Waals surface area contributed by atoms with E-state index in [4.69, 9.17) is 9.84 Å². The number of imide groups is 1. The zero-order chi connectivity index (χ0) is 31.7. The van der Waals surface area contributed by atoms with Crippen LogP contribution in [0.5, 0.6) is 5.75 Å². The summed E-state index contributed by atoms with van der Waals surface area (Å²) >= 11 is 0. The van der Waals surface area contributed by atoms with Crippen LogP contribution in [0.2, 0.25) is 0 Å². The normalized spacial score (nSPS) is 18.2. The van der Waals surface area contributed by atoms with Gasteiger partial charge in [0.05, 0.1) is 30.3 Å². The highest BCUT2D eigenvalue weighted by molar-refractivity contribution is 6.05. The molecule has 4 aromatic rings. The largest absolute Gasteiger partial charge is 0.494 e. The second-order valence-corrected chi connectivity index (χ2v) is 11.3. The molecule has 0 aliphatic carbocycles. The van der Waals surface area contributed by atoms with Crippen molar-refractivity contribution in [2.45, 2.75) is 50.4 Å². The molecule has 0 bridgehead atoms. The van der Waals surface area contributed by atoms with E-state index >= 15 is 0 Å². The van der Waals surface area contributed by atoms with E-state index in [-0.39, 0.29) is 29.5 Å². The first-order valence-corrected chi connectivity index (χ1v) is 14.6. The molecule has 2 aliphatic rings. The third-order valence-electron chi connectivity index (χ3n) is 8.32. The van der Waals surface area contributed by atoms with E-state index < -0.39 is 17.8 Å². The van der Waals surface area contributed by atoms with E-state index in [1.807, 2.05) is 35.1 Å². The predicted octanol–water partition coefficient (Wildman–Crippen LogP) is 5.07. The SMILES string of the molecule is COc1cc2nn(C3CCN(Cc4ccc(C5CCC(=O)NC5=O)cc4)CC3)cc2cc1NC(=O)c1cccc(C(F)(F)F)n1. The van der Waals surface area contributed by atoms with Crippen molar-refractivity contribution in [1.82, 2.24) is 25.0 Å². The van der Waals surface area contributed by atoms with Gasteiger partial charge in [0.15, 0.2) is 0 Å². The van der Waals surface area contributed by atoms with Gasteiger partial charge in [-0.15, -0.1) is 0 Å². The first-order chi connectivity index (χ1) is 21.6. The lowest BCUT2D eigenvalue weighted by Crippen LogP contribution is -2.39. The molecule has 0 radical (unpaired) electrons. The Kier molecular flexibility index (Phi) is 8.28. The molecular formula is C32H31F3N6O4. The number of piperidine rings is 2. The Morgan fingerprint density at radius 1 is 1.07 bits per heavy atom. The van der Waals surface area contributed by atoms with Crippen LogP contribution in [0.3, 0.4) is 0 Å². The lowest BCUT2D eigenvalue weighted by Gasteiger charge is -2.32. The van der Waals surface area contributed by atoms with Crippen LogP contribution in [0.25, 0.3) is 10.9 Å². The summed E-state index contributed by atoms with van der Waals surface area (Å²) in [5.74, 6) is -1.21. The van der Waals surface area contributed by atoms with Gasteiger partial charge < -0.3 is 10.1 Å². The maximum atomic E-state index is 13.1. The second kappa shape index (κ2) is 12.3. The van der Waals surface area contributed by atoms with Gasteiger partial charge in [-0.25, -0.2) is 4.98 Å². The van der Waals surface area contributed by atoms with Crippen LogP contribution in [0.4, 0.5) is 18.9 Å². The number of hydrogen-bond acceptors (Lipinski definition) is 7. The highest BCUT2D eigenvalue weighted by Crippen LogP contribution is 2.33. The molecule has 1 unspecified atom stereocenters. The van der Waals surface area contributed by atoms with Gasteiger partial charge in [0.1, 0.15) is 17.1 Å². The molecule has 1 atom stereocenters. The molecule has 3 amide bonds. The fourth-order valence-electron chi connectivity index (χ4n) is 5.90. The summed E-state index contributed by atoms with van der Waals surface area (Å²) in [6.45, 7) is 2.51. The number of ether oxygens (including phenoxy) is 1. The number of halogens is 3. The lowest BCUT2D eigenvalue weighted by molar-refractivity contribution is -0.141. The van der Waals surface area contributed by atoms with Crippen molar-refractivity contribution in [3.63, 3.8) is 0 Å². The summed E-state index contributed by atoms with van der Waals surface area (Å²) in [5.41, 5.74) is 1.52. The van der Waals surface area contributed by atoms with Gasteiger partial charge in [0, 0.05) is 43.7 Å². The van der Waals surface area contributed by atoms with E-state index in [2.05, 4.69) is 20.5 Å². The van der Waals surface area contributed by atoms with Crippen LogP contribution < -0.4 is 15.4 Å². The lowest BCUT2D eigenvalue weighted by atomic mass is 9.90. The van der Waals surface area contributed by atoms with Gasteiger partial charge in [-0.3, -0.25) is 29.3 Å². The number of carbonyl (C=O) groups excluding carboxylic acids is 3. The minimum Gasteiger partial charge on any atom is -0.494 e. The summed E-state index contributed by atoms with van der Waals surface area (Å²) in [6.07, 6.45) is -0.122. The zero-order valence-electron chi connectivity index (χ0n) is 24.4. The summed E-state index contributed by atoms with van der Waals surface area (Å²) in [5, 5.41) is 10.5. The van der Waals surface area contributed by atoms with E-state index in [9.17, 15) is 27.6 Å². The molecule has 0 saturated carbocycles. The summed E-state index contributed by atoms with van der Waals surface area (Å²) < 4.78 is 46.6. The van der Waals surface area contributed by atoms with Gasteiger partial charge in [-0.05, 0) is 48.6 Å². The molecule has 6 rings (SSSR count). The van der Waals surface area contributed by atoms with Gasteiger partial charge in [-0.2, -0.15) is 18.3 Å². The standard InChI is InChI=1S/C32H31F3N6O4/c1-45-27-16-25-21(15-26(27)37-31(44)24-3-2-4-28(36-24)32(33,34)35)18-41(39-25)22-11-13-40(14-12-22)17-19-5-7-20(8-6-19)23-9-10-29(42)38-30(23)43/h2-8,15-16,18,22-23H,9-14,17H2,1H3,(H,37,44)(H,38,42,43). The Hall–Kier alpha value is -4.78. The number of benzene rings is 2. The minimum atomic E-state index is -4.66. The molecule has 2 fully saturated rings. The molecule has 234 valence electrons. The molecule has 0 spiro atoms. The van der Waals surface area contributed by atoms with Crippen LogP contribution in [0.1, 0.15) is 65.0 Å². The van der Waals surface area contributed by atoms with Crippen LogP contribution in [-0.2, 0) is 22.3 Å². The molecule has 13 heteroatoms. The number of nitrogens with zero attached hydrogens (tertiary/aromatic N) is 4. The number of fused-ring (bicyclic) bond motifs is 1. The zero-order valence-corrected chi connectivity index (χ0v) is 24.4. The number of carbonyl (C=O) groups is 3. The molecule has 2 aromatic carbocycles. The number of methoxy groups -OCH3 is 1. The van der Waals surface area contributed by atoms with Crippen molar-refractivity contribution in [1.29, 1.82) is 0 Å². The second-order valence-electron chi connectivity index (χ2n) is 11.3. The molecule has 2 aromatic heterocycles. The molecule has 2 N–H and O–H groups in total. The fraction of sp³-hybridized carbons (Fsp3) is 0.344. The van der Waals surface area contributed by atoms with Crippen molar-refractivity contribution in [3.05, 3.63) is 83.3 Å². The number of aromatic nitrogens is 3. The van der Waals surface area contributed by atoms with Crippen LogP contribution >= 0.6 is 0 Å². The summed E-state index contributed by atoms with van der Waals surface area (Å²) in [4.78, 5) is 42.2. The van der Waals surface area contributed by atoms with Crippen molar-refractivity contribution in [2.24, 2.45) is 0 Å². The van der Waals surface area contributed by atoms with Crippen molar-refractivity contribution in [2.75, 3.05) is 25.5 Å². The number of likely N-dealkylation sites (tertiary alicyclic amines) is 1. The smallest absolute Gasteiger partial charge is 0.433 e. The summed E-state index contributed by atoms with van der Waals surface area (Å²) in [6, 6.07) is 14.7. The highest BCUT2D eigenvalue weighted by atomic mass is 19.4. The van der Waals surface area contributed by atoms with Crippen molar-refractivity contribution in [3.8, 4) is 5.75 Å². The van der Waals surface area contributed by atoms with Gasteiger partial charge in [0.25, 0.3) is 5.91 Å². The number of pyridine rings is 1. The average Bonchev–Trinajstić information content (AvgIpc) is 3.44. The Balaban J connectivity index is 1.08. The Morgan fingerprint density at radius 3 is 2.51 bits per heavy atom. The molecule has 45 heavy (non-hydrogen) atoms. The van der Waals surface area contributed by atoms with E-state index in [0.717, 1.165) is 61.1 Å². The summed E-state index contributed by atoms with van der Waals surface area (Å²) in [7, 11) is 1.44. The topological polar surface area (TPSA) is 118 Å². The van der Waals surface area contributed by atoms with E-state index in [0.29, 0.717) is 29.8 Å². The van der Waals surface area contributed by atoms with Crippen LogP contribution in [0.15, 0.2) is 60.8 Å².